The maximum absolute atomic E-state index is 12.3. The second-order valence-corrected chi connectivity index (χ2v) is 9.34. The van der Waals surface area contributed by atoms with Gasteiger partial charge in [-0.15, -0.1) is 0 Å². The summed E-state index contributed by atoms with van der Waals surface area (Å²) < 4.78 is 32.9. The van der Waals surface area contributed by atoms with E-state index in [1.807, 2.05) is 42.5 Å². The van der Waals surface area contributed by atoms with Crippen LogP contribution < -0.4 is 4.72 Å². The Hall–Kier alpha value is -2.20. The van der Waals surface area contributed by atoms with E-state index in [1.165, 1.54) is 0 Å². The molecule has 1 aliphatic rings. The van der Waals surface area contributed by atoms with Gasteiger partial charge < -0.3 is 4.74 Å². The molecule has 27 heavy (non-hydrogen) atoms. The maximum Gasteiger partial charge on any atom is 0.214 e. The van der Waals surface area contributed by atoms with E-state index in [0.717, 1.165) is 23.1 Å². The smallest absolute Gasteiger partial charge is 0.214 e. The summed E-state index contributed by atoms with van der Waals surface area (Å²) in [4.78, 5) is 0. The summed E-state index contributed by atoms with van der Waals surface area (Å²) in [6.07, 6.45) is 0.763. The first kappa shape index (κ1) is 19.6. The zero-order valence-corrected chi connectivity index (χ0v) is 16.4. The topological polar surface area (TPSA) is 79.2 Å². The summed E-state index contributed by atoms with van der Waals surface area (Å²) in [6.45, 7) is 4.32. The number of nitrogens with zero attached hydrogens (tertiary/aromatic N) is 1. The van der Waals surface area contributed by atoms with Gasteiger partial charge in [0.1, 0.15) is 0 Å². The Kier molecular flexibility index (Phi) is 5.95. The molecule has 1 fully saturated rings. The molecule has 6 heteroatoms. The molecule has 0 saturated carbocycles. The van der Waals surface area contributed by atoms with Crippen LogP contribution in [0.25, 0.3) is 11.1 Å². The Labute approximate surface area is 161 Å². The lowest BCUT2D eigenvalue weighted by atomic mass is 9.87. The summed E-state index contributed by atoms with van der Waals surface area (Å²) >= 11 is 0. The van der Waals surface area contributed by atoms with Crippen molar-refractivity contribution in [2.24, 2.45) is 0 Å². The molecular formula is C21H24N2O3S. The fourth-order valence-electron chi connectivity index (χ4n) is 3.34. The fraction of sp³-hybridized carbons (Fsp3) is 0.381. The summed E-state index contributed by atoms with van der Waals surface area (Å²) in [5.41, 5.74) is 3.59. The number of ether oxygens (including phenoxy) is 1. The normalized spacial score (nSPS) is 20.4. The van der Waals surface area contributed by atoms with Crippen LogP contribution in [0.3, 0.4) is 0 Å². The van der Waals surface area contributed by atoms with Crippen molar-refractivity contribution in [3.05, 3.63) is 59.7 Å². The van der Waals surface area contributed by atoms with Crippen molar-refractivity contribution < 1.29 is 13.2 Å². The maximum atomic E-state index is 12.3. The number of hydrogen-bond acceptors (Lipinski definition) is 4. The van der Waals surface area contributed by atoms with Crippen LogP contribution in [-0.4, -0.2) is 32.9 Å². The van der Waals surface area contributed by atoms with Crippen molar-refractivity contribution in [3.8, 4) is 17.2 Å². The molecule has 0 bridgehead atoms. The highest BCUT2D eigenvalue weighted by atomic mass is 32.2. The molecule has 1 aliphatic heterocycles. The number of rotatable bonds is 5. The number of nitriles is 1. The standard InChI is InChI=1S/C21H24N2O3S/c1-15(2)27(24,25)23-21-14-26-12-11-20(21)17-9-7-16(8-10-17)19-6-4-3-5-18(19)13-22/h3-10,15,20-21,23H,11-12,14H2,1-2H3. The average molecular weight is 385 g/mol. The van der Waals surface area contributed by atoms with E-state index < -0.39 is 15.3 Å². The monoisotopic (exact) mass is 384 g/mol. The lowest BCUT2D eigenvalue weighted by molar-refractivity contribution is 0.0644. The highest BCUT2D eigenvalue weighted by Gasteiger charge is 2.31. The highest BCUT2D eigenvalue weighted by molar-refractivity contribution is 7.90. The molecule has 0 aliphatic carbocycles. The van der Waals surface area contributed by atoms with E-state index in [2.05, 4.69) is 10.8 Å². The van der Waals surface area contributed by atoms with Crippen LogP contribution in [-0.2, 0) is 14.8 Å². The Balaban J connectivity index is 1.85. The van der Waals surface area contributed by atoms with Crippen LogP contribution >= 0.6 is 0 Å². The van der Waals surface area contributed by atoms with Crippen LogP contribution in [0.4, 0.5) is 0 Å². The minimum Gasteiger partial charge on any atom is -0.380 e. The first-order valence-electron chi connectivity index (χ1n) is 9.10. The molecule has 5 nitrogen and oxygen atoms in total. The van der Waals surface area contributed by atoms with Gasteiger partial charge in [0, 0.05) is 12.5 Å². The molecule has 142 valence electrons. The quantitative estimate of drug-likeness (QED) is 0.857. The van der Waals surface area contributed by atoms with E-state index in [9.17, 15) is 13.7 Å². The van der Waals surface area contributed by atoms with Gasteiger partial charge in [-0.3, -0.25) is 0 Å². The van der Waals surface area contributed by atoms with Gasteiger partial charge >= 0.3 is 0 Å². The average Bonchev–Trinajstić information content (AvgIpc) is 2.68. The molecule has 1 saturated heterocycles. The highest BCUT2D eigenvalue weighted by Crippen LogP contribution is 2.31. The van der Waals surface area contributed by atoms with E-state index in [4.69, 9.17) is 4.74 Å². The van der Waals surface area contributed by atoms with Crippen LogP contribution in [0.15, 0.2) is 48.5 Å². The summed E-state index contributed by atoms with van der Waals surface area (Å²) in [5, 5.41) is 8.82. The van der Waals surface area contributed by atoms with Crippen LogP contribution in [0.5, 0.6) is 0 Å². The number of sulfonamides is 1. The molecule has 0 aromatic heterocycles. The lowest BCUT2D eigenvalue weighted by Gasteiger charge is -2.33. The summed E-state index contributed by atoms with van der Waals surface area (Å²) in [6, 6.07) is 17.5. The second-order valence-electron chi connectivity index (χ2n) is 7.07. The zero-order valence-electron chi connectivity index (χ0n) is 15.6. The molecule has 3 rings (SSSR count). The van der Waals surface area contributed by atoms with Crippen LogP contribution in [0.1, 0.15) is 37.3 Å². The van der Waals surface area contributed by atoms with Gasteiger partial charge in [-0.2, -0.15) is 5.26 Å². The zero-order chi connectivity index (χ0) is 19.4. The van der Waals surface area contributed by atoms with Crippen molar-refractivity contribution in [2.45, 2.75) is 37.5 Å². The molecule has 2 atom stereocenters. The van der Waals surface area contributed by atoms with Crippen LogP contribution in [0.2, 0.25) is 0 Å². The molecule has 2 aromatic carbocycles. The van der Waals surface area contributed by atoms with E-state index in [0.29, 0.717) is 18.8 Å². The van der Waals surface area contributed by atoms with Crippen molar-refractivity contribution >= 4 is 10.0 Å². The Bertz CT molecular complexity index is 931. The summed E-state index contributed by atoms with van der Waals surface area (Å²) in [7, 11) is -3.36. The minimum atomic E-state index is -3.36. The van der Waals surface area contributed by atoms with Crippen molar-refractivity contribution in [1.82, 2.24) is 4.72 Å². The third-order valence-electron chi connectivity index (χ3n) is 4.99. The first-order chi connectivity index (χ1) is 12.9. The summed E-state index contributed by atoms with van der Waals surface area (Å²) in [5.74, 6) is 0.0625. The van der Waals surface area contributed by atoms with Gasteiger partial charge in [-0.1, -0.05) is 42.5 Å². The largest absolute Gasteiger partial charge is 0.380 e. The third-order valence-corrected chi connectivity index (χ3v) is 6.86. The number of hydrogen-bond donors (Lipinski definition) is 1. The molecule has 0 spiro atoms. The van der Waals surface area contributed by atoms with Crippen molar-refractivity contribution in [1.29, 1.82) is 5.26 Å². The fourth-order valence-corrected chi connectivity index (χ4v) is 4.27. The number of benzene rings is 2. The van der Waals surface area contributed by atoms with Gasteiger partial charge in [0.15, 0.2) is 0 Å². The van der Waals surface area contributed by atoms with E-state index in [-0.39, 0.29) is 12.0 Å². The van der Waals surface area contributed by atoms with E-state index in [1.54, 1.807) is 19.9 Å². The lowest BCUT2D eigenvalue weighted by Crippen LogP contribution is -2.47. The Morgan fingerprint density at radius 2 is 1.85 bits per heavy atom. The van der Waals surface area contributed by atoms with Gasteiger partial charge in [-0.05, 0) is 43.0 Å². The van der Waals surface area contributed by atoms with Crippen molar-refractivity contribution in [3.63, 3.8) is 0 Å². The van der Waals surface area contributed by atoms with Gasteiger partial charge in [-0.25, -0.2) is 13.1 Å². The molecule has 1 N–H and O–H groups in total. The van der Waals surface area contributed by atoms with E-state index >= 15 is 0 Å². The van der Waals surface area contributed by atoms with Gasteiger partial charge in [0.25, 0.3) is 0 Å². The molecule has 0 radical (unpaired) electrons. The molecule has 0 amide bonds. The second kappa shape index (κ2) is 8.22. The number of nitrogens with one attached hydrogen (secondary N) is 1. The molecular weight excluding hydrogens is 360 g/mol. The van der Waals surface area contributed by atoms with Gasteiger partial charge in [0.05, 0.1) is 29.5 Å². The molecule has 2 aromatic rings. The van der Waals surface area contributed by atoms with Gasteiger partial charge in [0.2, 0.25) is 10.0 Å². The Morgan fingerprint density at radius 3 is 2.52 bits per heavy atom. The predicted octanol–water partition coefficient (Wildman–Crippen LogP) is 3.43. The van der Waals surface area contributed by atoms with Crippen molar-refractivity contribution in [2.75, 3.05) is 13.2 Å². The SMILES string of the molecule is CC(C)S(=O)(=O)NC1COCCC1c1ccc(-c2ccccc2C#N)cc1. The molecule has 2 unspecified atom stereocenters. The molecule has 1 heterocycles. The first-order valence-corrected chi connectivity index (χ1v) is 10.7. The third kappa shape index (κ3) is 4.38. The Morgan fingerprint density at radius 1 is 1.15 bits per heavy atom. The minimum absolute atomic E-state index is 0.0625. The predicted molar refractivity (Wildman–Crippen MR) is 106 cm³/mol. The van der Waals surface area contributed by atoms with Crippen LogP contribution in [0, 0.1) is 11.3 Å².